The van der Waals surface area contributed by atoms with Crippen LogP contribution in [0.1, 0.15) is 199 Å². The predicted octanol–water partition coefficient (Wildman–Crippen LogP) is 12.5. The molecule has 1 rings (SSSR count). The highest BCUT2D eigenvalue weighted by Gasteiger charge is 2.22. The van der Waals surface area contributed by atoms with Crippen LogP contribution in [-0.4, -0.2) is 55.1 Å². The Labute approximate surface area is 344 Å². The average Bonchev–Trinajstić information content (AvgIpc) is 3.20. The third kappa shape index (κ3) is 32.2. The van der Waals surface area contributed by atoms with Crippen molar-refractivity contribution in [3.8, 4) is 0 Å². The lowest BCUT2D eigenvalue weighted by molar-refractivity contribution is -0.148. The molecule has 0 bridgehead atoms. The third-order valence-electron chi connectivity index (χ3n) is 10.5. The number of ether oxygens (including phenoxy) is 2. The van der Waals surface area contributed by atoms with Crippen molar-refractivity contribution in [3.63, 3.8) is 0 Å². The van der Waals surface area contributed by atoms with E-state index in [1.165, 1.54) is 116 Å². The molecule has 1 amide bonds. The number of unbranched alkanes of at least 4 members (excludes halogenated alkanes) is 22. The topological polar surface area (TPSA) is 98.9 Å². The molecule has 0 aromatic heterocycles. The summed E-state index contributed by atoms with van der Waals surface area (Å²) < 4.78 is 11.0. The maximum atomic E-state index is 13.4. The fraction of sp³-hybridized carbons (Fsp3) is 0.735. The summed E-state index contributed by atoms with van der Waals surface area (Å²) in [6, 6.07) is 8.94. The van der Waals surface area contributed by atoms with Crippen LogP contribution in [-0.2, 0) is 30.3 Å². The number of amides is 1. The Morgan fingerprint density at radius 1 is 0.536 bits per heavy atom. The van der Waals surface area contributed by atoms with Crippen LogP contribution in [0.5, 0.6) is 0 Å². The molecule has 1 atom stereocenters. The summed E-state index contributed by atoms with van der Waals surface area (Å²) in [7, 11) is 0. The summed E-state index contributed by atoms with van der Waals surface area (Å²) in [6.07, 6.45) is 42.0. The number of hydrogen-bond donors (Lipinski definition) is 1. The maximum Gasteiger partial charge on any atom is 0.305 e. The first kappa shape index (κ1) is 51.1. The Bertz CT molecular complexity index is 1060. The van der Waals surface area contributed by atoms with Crippen molar-refractivity contribution in [2.45, 2.75) is 206 Å². The summed E-state index contributed by atoms with van der Waals surface area (Å²) in [4.78, 5) is 39.8. The van der Waals surface area contributed by atoms with Crippen molar-refractivity contribution in [2.75, 3.05) is 26.3 Å². The lowest BCUT2D eigenvalue weighted by Crippen LogP contribution is -2.47. The van der Waals surface area contributed by atoms with Gasteiger partial charge in [-0.15, -0.1) is 0 Å². The molecule has 0 saturated carbocycles. The lowest BCUT2D eigenvalue weighted by atomic mass is 10.1. The van der Waals surface area contributed by atoms with E-state index in [1.807, 2.05) is 30.3 Å². The Kier molecular flexibility index (Phi) is 35.5. The number of rotatable bonds is 39. The number of carbonyl (C=O) groups excluding carboxylic acids is 3. The first-order valence-corrected chi connectivity index (χ1v) is 23.2. The van der Waals surface area contributed by atoms with Crippen LogP contribution in [0.15, 0.2) is 54.6 Å². The molecule has 1 aromatic rings. The smallest absolute Gasteiger partial charge is 0.305 e. The number of nitrogens with two attached hydrogens (primary N) is 1. The molecular weight excluding hydrogens is 697 g/mol. The minimum atomic E-state index is -0.740. The van der Waals surface area contributed by atoms with Gasteiger partial charge in [-0.1, -0.05) is 171 Å². The highest BCUT2D eigenvalue weighted by molar-refractivity contribution is 5.82. The van der Waals surface area contributed by atoms with E-state index >= 15 is 0 Å². The van der Waals surface area contributed by atoms with Crippen LogP contribution >= 0.6 is 0 Å². The predicted molar refractivity (Wildman–Crippen MR) is 236 cm³/mol. The Balaban J connectivity index is 2.25. The van der Waals surface area contributed by atoms with E-state index in [1.54, 1.807) is 4.90 Å². The highest BCUT2D eigenvalue weighted by atomic mass is 16.5. The van der Waals surface area contributed by atoms with Crippen molar-refractivity contribution < 1.29 is 23.9 Å². The van der Waals surface area contributed by atoms with Crippen molar-refractivity contribution in [3.05, 3.63) is 60.2 Å². The molecule has 2 N–H and O–H groups in total. The van der Waals surface area contributed by atoms with Gasteiger partial charge in [0.2, 0.25) is 5.91 Å². The molecule has 0 radical (unpaired) electrons. The SMILES string of the molecule is CCCCCCCC/C=C\CCCCCCCC(=O)OCCN(CCOC(=O)CCCCCCC/C=C\CCCCCCCC)C(=O)C(N)Cc1ccccc1. The van der Waals surface area contributed by atoms with Gasteiger partial charge < -0.3 is 20.1 Å². The molecule has 0 aliphatic carbocycles. The summed E-state index contributed by atoms with van der Waals surface area (Å²) >= 11 is 0. The van der Waals surface area contributed by atoms with Crippen molar-refractivity contribution in [1.82, 2.24) is 4.90 Å². The van der Waals surface area contributed by atoms with Gasteiger partial charge in [0, 0.05) is 12.8 Å². The van der Waals surface area contributed by atoms with Crippen LogP contribution < -0.4 is 5.73 Å². The summed E-state index contributed by atoms with van der Waals surface area (Å²) in [6.45, 7) is 5.13. The van der Waals surface area contributed by atoms with Gasteiger partial charge in [0.05, 0.1) is 19.1 Å². The molecule has 7 heteroatoms. The van der Waals surface area contributed by atoms with Crippen molar-refractivity contribution >= 4 is 17.8 Å². The van der Waals surface area contributed by atoms with Gasteiger partial charge in [0.25, 0.3) is 0 Å². The van der Waals surface area contributed by atoms with Gasteiger partial charge in [-0.05, 0) is 76.2 Å². The normalized spacial score (nSPS) is 12.1. The zero-order chi connectivity index (χ0) is 40.6. The van der Waals surface area contributed by atoms with E-state index in [0.29, 0.717) is 19.3 Å². The third-order valence-corrected chi connectivity index (χ3v) is 10.5. The van der Waals surface area contributed by atoms with E-state index in [-0.39, 0.29) is 44.1 Å². The quantitative estimate of drug-likeness (QED) is 0.0406. The molecule has 0 aliphatic heterocycles. The summed E-state index contributed by atoms with van der Waals surface area (Å²) in [5.74, 6) is -0.722. The van der Waals surface area contributed by atoms with Gasteiger partial charge in [-0.2, -0.15) is 0 Å². The molecule has 56 heavy (non-hydrogen) atoms. The zero-order valence-corrected chi connectivity index (χ0v) is 36.2. The summed E-state index contributed by atoms with van der Waals surface area (Å²) in [5.41, 5.74) is 7.32. The number of carbonyl (C=O) groups is 3. The Morgan fingerprint density at radius 3 is 1.29 bits per heavy atom. The first-order valence-electron chi connectivity index (χ1n) is 23.2. The number of nitrogens with zero attached hydrogens (tertiary/aromatic N) is 1. The molecule has 0 spiro atoms. The average molecular weight is 781 g/mol. The van der Waals surface area contributed by atoms with Crippen LogP contribution in [0.3, 0.4) is 0 Å². The number of benzene rings is 1. The first-order chi connectivity index (χ1) is 27.5. The second kappa shape index (κ2) is 38.9. The zero-order valence-electron chi connectivity index (χ0n) is 36.2. The number of esters is 2. The number of hydrogen-bond acceptors (Lipinski definition) is 6. The Hall–Kier alpha value is -2.93. The van der Waals surface area contributed by atoms with Crippen LogP contribution in [0.4, 0.5) is 0 Å². The molecule has 1 aromatic carbocycles. The van der Waals surface area contributed by atoms with Crippen LogP contribution in [0, 0.1) is 0 Å². The minimum Gasteiger partial charge on any atom is -0.464 e. The van der Waals surface area contributed by atoms with Gasteiger partial charge in [-0.3, -0.25) is 14.4 Å². The van der Waals surface area contributed by atoms with Gasteiger partial charge in [0.15, 0.2) is 0 Å². The van der Waals surface area contributed by atoms with E-state index < -0.39 is 6.04 Å². The second-order valence-corrected chi connectivity index (χ2v) is 15.7. The van der Waals surface area contributed by atoms with Gasteiger partial charge >= 0.3 is 11.9 Å². The fourth-order valence-electron chi connectivity index (χ4n) is 6.89. The highest BCUT2D eigenvalue weighted by Crippen LogP contribution is 2.13. The van der Waals surface area contributed by atoms with E-state index in [9.17, 15) is 14.4 Å². The molecular formula is C49H84N2O5. The van der Waals surface area contributed by atoms with Gasteiger partial charge in [-0.25, -0.2) is 0 Å². The molecule has 0 aliphatic rings. The molecule has 0 fully saturated rings. The lowest BCUT2D eigenvalue weighted by Gasteiger charge is -2.25. The van der Waals surface area contributed by atoms with Crippen molar-refractivity contribution in [2.24, 2.45) is 5.73 Å². The van der Waals surface area contributed by atoms with Crippen LogP contribution in [0.25, 0.3) is 0 Å². The molecule has 0 heterocycles. The standard InChI is InChI=1S/C49H84N2O5/c1-3-5-7-9-11-13-15-17-19-21-23-25-27-29-34-38-47(52)55-42-40-51(49(54)46(50)44-45-36-32-31-33-37-45)41-43-56-48(53)39-35-30-28-26-24-22-20-18-16-14-12-10-8-6-4-2/h17-20,31-33,36-37,46H,3-16,21-30,34-35,38-44,50H2,1-2H3/b19-17-,20-18-. The largest absolute Gasteiger partial charge is 0.464 e. The second-order valence-electron chi connectivity index (χ2n) is 15.7. The Morgan fingerprint density at radius 2 is 0.893 bits per heavy atom. The molecule has 0 saturated heterocycles. The minimum absolute atomic E-state index is 0.0938. The van der Waals surface area contributed by atoms with E-state index in [4.69, 9.17) is 15.2 Å². The monoisotopic (exact) mass is 781 g/mol. The molecule has 320 valence electrons. The fourth-order valence-corrected chi connectivity index (χ4v) is 6.89. The maximum absolute atomic E-state index is 13.4. The number of allylic oxidation sites excluding steroid dienone is 4. The summed E-state index contributed by atoms with van der Waals surface area (Å²) in [5, 5.41) is 0. The molecule has 1 unspecified atom stereocenters. The van der Waals surface area contributed by atoms with E-state index in [0.717, 1.165) is 56.9 Å². The van der Waals surface area contributed by atoms with Crippen LogP contribution in [0.2, 0.25) is 0 Å². The molecule has 7 nitrogen and oxygen atoms in total. The van der Waals surface area contributed by atoms with Crippen molar-refractivity contribution in [1.29, 1.82) is 0 Å². The van der Waals surface area contributed by atoms with E-state index in [2.05, 4.69) is 38.2 Å². The van der Waals surface area contributed by atoms with Gasteiger partial charge in [0.1, 0.15) is 13.2 Å².